The molecule has 0 saturated carbocycles. The van der Waals surface area contributed by atoms with Gasteiger partial charge in [-0.1, -0.05) is 119 Å². The molecule has 1 aromatic heterocycles. The van der Waals surface area contributed by atoms with Gasteiger partial charge >= 0.3 is 5.97 Å². The molecule has 0 atom stereocenters. The quantitative estimate of drug-likeness (QED) is 0.0189. The van der Waals surface area contributed by atoms with E-state index in [-0.39, 0.29) is 13.0 Å². The second-order valence-corrected chi connectivity index (χ2v) is 31.0. The Morgan fingerprint density at radius 1 is 0.565 bits per heavy atom. The number of carbonyl (C=O) groups is 1. The number of benzene rings is 5. The van der Waals surface area contributed by atoms with E-state index >= 15 is 0 Å². The molecule has 0 fully saturated rings. The highest BCUT2D eigenvalue weighted by Crippen LogP contribution is 2.44. The number of fused-ring (bicyclic) bond motifs is 4. The number of rotatable bonds is 11. The van der Waals surface area contributed by atoms with Crippen LogP contribution >= 0.6 is 11.3 Å². The van der Waals surface area contributed by atoms with Crippen LogP contribution in [0.2, 0.25) is 33.2 Å². The highest BCUT2D eigenvalue weighted by atomic mass is 32.1. The van der Waals surface area contributed by atoms with Crippen molar-refractivity contribution in [1.29, 1.82) is 0 Å². The van der Waals surface area contributed by atoms with Crippen LogP contribution in [0.25, 0.3) is 42.4 Å². The highest BCUT2D eigenvalue weighted by molar-refractivity contribution is 7.19. The molecule has 0 aliphatic heterocycles. The molecular formula is C52H57F5O2SSi2. The minimum absolute atomic E-state index is 0.260. The van der Waals surface area contributed by atoms with Crippen molar-refractivity contribution >= 4 is 75.9 Å². The van der Waals surface area contributed by atoms with Gasteiger partial charge in [-0.15, -0.1) is 22.4 Å². The maximum atomic E-state index is 14.3. The molecule has 0 aliphatic carbocycles. The van der Waals surface area contributed by atoms with Gasteiger partial charge in [0.25, 0.3) is 0 Å². The summed E-state index contributed by atoms with van der Waals surface area (Å²) in [5.74, 6) is -4.97. The summed E-state index contributed by atoms with van der Waals surface area (Å²) >= 11 is 1.60. The normalized spacial score (nSPS) is 12.5. The Morgan fingerprint density at radius 3 is 1.37 bits per heavy atom. The number of thiophene rings is 1. The molecule has 0 saturated heterocycles. The Balaban J connectivity index is 1.56. The first-order chi connectivity index (χ1) is 29.2. The summed E-state index contributed by atoms with van der Waals surface area (Å²) in [5.41, 5.74) is 11.2. The second-order valence-electron chi connectivity index (χ2n) is 18.6. The van der Waals surface area contributed by atoms with Gasteiger partial charge in [0.15, 0.2) is 23.3 Å². The van der Waals surface area contributed by atoms with Crippen LogP contribution in [0.4, 0.5) is 22.0 Å². The number of aryl methyl sites for hydroxylation is 1. The third kappa shape index (κ3) is 8.24. The van der Waals surface area contributed by atoms with E-state index in [4.69, 9.17) is 4.74 Å². The summed E-state index contributed by atoms with van der Waals surface area (Å²) in [7, 11) is -4.31. The third-order valence-corrected chi connectivity index (χ3v) is 27.2. The van der Waals surface area contributed by atoms with Gasteiger partial charge in [0, 0.05) is 26.1 Å². The van der Waals surface area contributed by atoms with Crippen molar-refractivity contribution in [3.63, 3.8) is 0 Å². The SMILES string of the molecule is CC(C)[Si](C#Cc1c2cc3ccccc3cc2c(C#C[Si](C(C)C)(C(C)C)C(C)C)c2cc3sc(CCCOC(=O)c4c(F)c(F)c(F)c(F)c4F)cc3cc12)(C(C)C)C(C)C. The Morgan fingerprint density at radius 2 is 0.952 bits per heavy atom. The summed E-state index contributed by atoms with van der Waals surface area (Å²) in [4.78, 5) is 13.5. The van der Waals surface area contributed by atoms with E-state index in [1.54, 1.807) is 11.3 Å². The maximum Gasteiger partial charge on any atom is 0.344 e. The Kier molecular flexibility index (Phi) is 13.9. The van der Waals surface area contributed by atoms with Crippen molar-refractivity contribution in [2.45, 2.75) is 129 Å². The smallest absolute Gasteiger partial charge is 0.344 e. The number of hydrogen-bond donors (Lipinski definition) is 0. The molecule has 62 heavy (non-hydrogen) atoms. The van der Waals surface area contributed by atoms with Crippen LogP contribution in [0.3, 0.4) is 0 Å². The zero-order valence-corrected chi connectivity index (χ0v) is 40.7. The molecule has 6 aromatic rings. The molecule has 1 heterocycles. The van der Waals surface area contributed by atoms with Crippen molar-refractivity contribution in [3.05, 3.63) is 105 Å². The van der Waals surface area contributed by atoms with Gasteiger partial charge in [0.1, 0.15) is 21.7 Å². The van der Waals surface area contributed by atoms with E-state index in [2.05, 4.69) is 161 Å². The van der Waals surface area contributed by atoms with E-state index in [0.717, 1.165) is 58.4 Å². The fourth-order valence-corrected chi connectivity index (χ4v) is 21.9. The van der Waals surface area contributed by atoms with Crippen LogP contribution in [0.1, 0.15) is 116 Å². The van der Waals surface area contributed by atoms with Crippen molar-refractivity contribution < 1.29 is 31.5 Å². The average Bonchev–Trinajstić information content (AvgIpc) is 3.61. The fourth-order valence-electron chi connectivity index (χ4n) is 10.4. The molecule has 0 unspecified atom stereocenters. The van der Waals surface area contributed by atoms with E-state index in [0.29, 0.717) is 39.7 Å². The molecule has 10 heteroatoms. The van der Waals surface area contributed by atoms with Gasteiger partial charge < -0.3 is 4.74 Å². The fraction of sp³-hybridized carbons (Fsp3) is 0.404. The monoisotopic (exact) mass is 896 g/mol. The van der Waals surface area contributed by atoms with Crippen LogP contribution in [0, 0.1) is 52.0 Å². The van der Waals surface area contributed by atoms with E-state index in [1.165, 1.54) is 0 Å². The molecule has 2 nitrogen and oxygen atoms in total. The minimum atomic E-state index is -2.33. The average molecular weight is 897 g/mol. The lowest BCUT2D eigenvalue weighted by Gasteiger charge is -2.38. The Labute approximate surface area is 369 Å². The van der Waals surface area contributed by atoms with E-state index in [9.17, 15) is 26.7 Å². The van der Waals surface area contributed by atoms with Gasteiger partial charge in [0.05, 0.1) is 6.61 Å². The Hall–Kier alpha value is -4.49. The largest absolute Gasteiger partial charge is 0.462 e. The van der Waals surface area contributed by atoms with Crippen LogP contribution < -0.4 is 0 Å². The second kappa shape index (κ2) is 18.3. The number of ether oxygens (including phenoxy) is 1. The Bertz CT molecular complexity index is 2620. The van der Waals surface area contributed by atoms with Gasteiger partial charge in [0.2, 0.25) is 5.82 Å². The molecule has 5 aromatic carbocycles. The summed E-state index contributed by atoms with van der Waals surface area (Å²) in [6.45, 7) is 27.6. The first-order valence-electron chi connectivity index (χ1n) is 21.8. The molecule has 0 bridgehead atoms. The zero-order valence-electron chi connectivity index (χ0n) is 37.9. The number of halogens is 5. The van der Waals surface area contributed by atoms with Gasteiger partial charge in [-0.25, -0.2) is 26.7 Å². The number of hydrogen-bond acceptors (Lipinski definition) is 3. The van der Waals surface area contributed by atoms with E-state index in [1.807, 2.05) is 0 Å². The first-order valence-corrected chi connectivity index (χ1v) is 27.1. The molecule has 6 rings (SSSR count). The van der Waals surface area contributed by atoms with E-state index < -0.39 is 56.8 Å². The summed E-state index contributed by atoms with van der Waals surface area (Å²) in [5, 5.41) is 7.56. The van der Waals surface area contributed by atoms with Gasteiger partial charge in [-0.05, 0) is 109 Å². The summed E-state index contributed by atoms with van der Waals surface area (Å²) in [6.07, 6.45) is 0.708. The molecule has 0 N–H and O–H groups in total. The maximum absolute atomic E-state index is 14.3. The predicted octanol–water partition coefficient (Wildman–Crippen LogP) is 16.0. The van der Waals surface area contributed by atoms with Crippen LogP contribution in [-0.2, 0) is 11.2 Å². The minimum Gasteiger partial charge on any atom is -0.462 e. The number of carbonyl (C=O) groups excluding carboxylic acids is 1. The van der Waals surface area contributed by atoms with Gasteiger partial charge in [-0.3, -0.25) is 0 Å². The third-order valence-electron chi connectivity index (χ3n) is 13.4. The first kappa shape index (κ1) is 47.0. The van der Waals surface area contributed by atoms with Crippen LogP contribution in [-0.4, -0.2) is 28.7 Å². The molecule has 0 spiro atoms. The zero-order chi connectivity index (χ0) is 45.6. The molecule has 0 aliphatic rings. The van der Waals surface area contributed by atoms with Crippen LogP contribution in [0.5, 0.6) is 0 Å². The standard InChI is InChI=1S/C52H57F5O2SSi2/c1-29(2)61(30(3)4,31(5)6)22-19-39-41-25-35-16-13-14-17-36(35)26-42(41)40(20-23-62(32(7)8,33(9)10)34(11)12)44-28-45-37(27-43(39)44)24-38(60-45)18-15-21-59-52(58)46-47(53)49(55)51(57)50(56)48(46)54/h13-14,16-17,24-34H,15,18,21H2,1-12H3. The van der Waals surface area contributed by atoms with Crippen molar-refractivity contribution in [1.82, 2.24) is 0 Å². The topological polar surface area (TPSA) is 26.3 Å². The lowest BCUT2D eigenvalue weighted by molar-refractivity contribution is 0.0486. The molecule has 0 amide bonds. The van der Waals surface area contributed by atoms with Crippen molar-refractivity contribution in [2.24, 2.45) is 0 Å². The molecule has 0 radical (unpaired) electrons. The molecule has 326 valence electrons. The predicted molar refractivity (Wildman–Crippen MR) is 255 cm³/mol. The van der Waals surface area contributed by atoms with Crippen molar-refractivity contribution in [3.8, 4) is 22.9 Å². The van der Waals surface area contributed by atoms with Crippen molar-refractivity contribution in [2.75, 3.05) is 6.61 Å². The number of esters is 1. The molecular weight excluding hydrogens is 840 g/mol. The summed E-state index contributed by atoms with van der Waals surface area (Å²) in [6, 6.07) is 19.6. The van der Waals surface area contributed by atoms with Crippen LogP contribution in [0.15, 0.2) is 54.6 Å². The van der Waals surface area contributed by atoms with Gasteiger partial charge in [-0.2, -0.15) is 0 Å². The highest BCUT2D eigenvalue weighted by Gasteiger charge is 2.43. The lowest BCUT2D eigenvalue weighted by Crippen LogP contribution is -2.43. The summed E-state index contributed by atoms with van der Waals surface area (Å²) < 4.78 is 75.7. The lowest BCUT2D eigenvalue weighted by atomic mass is 9.90.